The Morgan fingerprint density at radius 1 is 1.14 bits per heavy atom. The molecule has 3 aromatic rings. The van der Waals surface area contributed by atoms with E-state index in [1.807, 2.05) is 30.3 Å². The largest absolute Gasteiger partial charge is 0.421 e. The Hall–Kier alpha value is -3.02. The van der Waals surface area contributed by atoms with E-state index in [2.05, 4.69) is 4.98 Å². The molecule has 0 radical (unpaired) electrons. The Morgan fingerprint density at radius 3 is 2.61 bits per heavy atom. The Morgan fingerprint density at radius 2 is 1.89 bits per heavy atom. The maximum Gasteiger partial charge on any atom is 0.421 e. The number of hydrogen-bond acceptors (Lipinski definition) is 2. The van der Waals surface area contributed by atoms with Crippen LogP contribution in [0.4, 0.5) is 13.2 Å². The first kappa shape index (κ1) is 18.3. The van der Waals surface area contributed by atoms with Gasteiger partial charge in [-0.2, -0.15) is 0 Å². The van der Waals surface area contributed by atoms with Crippen molar-refractivity contribution in [3.8, 4) is 0 Å². The van der Waals surface area contributed by atoms with Gasteiger partial charge in [-0.1, -0.05) is 42.5 Å². The normalized spacial score (nSPS) is 18.8. The molecule has 4 rings (SSSR count). The summed E-state index contributed by atoms with van der Waals surface area (Å²) in [6.45, 7) is 0.856. The molecule has 1 aliphatic heterocycles. The number of alkyl halides is 2. The summed E-state index contributed by atoms with van der Waals surface area (Å²) in [6, 6.07) is 15.3. The van der Waals surface area contributed by atoms with Crippen molar-refractivity contribution in [1.29, 1.82) is 0 Å². The Kier molecular flexibility index (Phi) is 4.29. The fraction of sp³-hybridized carbons (Fsp3) is 0.227. The van der Waals surface area contributed by atoms with Gasteiger partial charge < -0.3 is 0 Å². The van der Waals surface area contributed by atoms with Gasteiger partial charge in [-0.3, -0.25) is 4.98 Å². The van der Waals surface area contributed by atoms with Crippen LogP contribution in [0.3, 0.4) is 0 Å². The molecule has 2 aromatic carbocycles. The molecule has 3 nitrogen and oxygen atoms in total. The molecule has 1 aromatic heterocycles. The van der Waals surface area contributed by atoms with Crippen molar-refractivity contribution in [3.05, 3.63) is 77.7 Å². The number of carbonyl (C=O) groups excluding carboxylic acids is 1. The van der Waals surface area contributed by atoms with Crippen LogP contribution in [-0.4, -0.2) is 33.1 Å². The molecule has 2 heterocycles. The summed E-state index contributed by atoms with van der Waals surface area (Å²) in [5.74, 6) is -3.82. The number of aromatic nitrogens is 1. The fourth-order valence-electron chi connectivity index (χ4n) is 3.66. The van der Waals surface area contributed by atoms with Crippen LogP contribution in [0.5, 0.6) is 0 Å². The van der Waals surface area contributed by atoms with Crippen molar-refractivity contribution in [2.75, 3.05) is 0 Å². The third kappa shape index (κ3) is 3.54. The first-order chi connectivity index (χ1) is 13.3. The second-order valence-electron chi connectivity index (χ2n) is 7.35. The third-order valence-electron chi connectivity index (χ3n) is 4.88. The maximum atomic E-state index is 13.8. The molecule has 0 unspecified atom stereocenters. The molecular weight excluding hydrogens is 365 g/mol. The first-order valence-corrected chi connectivity index (χ1v) is 8.93. The molecule has 142 valence electrons. The summed E-state index contributed by atoms with van der Waals surface area (Å²) in [4.78, 5) is 17.0. The van der Waals surface area contributed by atoms with Crippen molar-refractivity contribution in [3.63, 3.8) is 0 Å². The fourth-order valence-corrected chi connectivity index (χ4v) is 3.66. The smallest absolute Gasteiger partial charge is 0.252 e. The minimum absolute atomic E-state index is 0.171. The Bertz CT molecular complexity index is 1090. The number of amides is 1. The number of para-hydroxylation sites is 1. The monoisotopic (exact) mass is 383 g/mol. The molecule has 6 heteroatoms. The minimum Gasteiger partial charge on any atom is -0.252 e. The lowest BCUT2D eigenvalue weighted by Gasteiger charge is -2.15. The van der Waals surface area contributed by atoms with E-state index in [9.17, 15) is 18.0 Å². The molecule has 0 fully saturated rings. The van der Waals surface area contributed by atoms with Crippen molar-refractivity contribution >= 4 is 23.0 Å². The summed E-state index contributed by atoms with van der Waals surface area (Å²) in [6.07, 6.45) is 2.68. The minimum atomic E-state index is -2.93. The van der Waals surface area contributed by atoms with Gasteiger partial charge in [-0.15, -0.1) is 4.58 Å². The van der Waals surface area contributed by atoms with Crippen LogP contribution in [-0.2, 0) is 6.42 Å². The molecule has 28 heavy (non-hydrogen) atoms. The topological polar surface area (TPSA) is 33.0 Å². The lowest BCUT2D eigenvalue weighted by atomic mass is 9.91. The summed E-state index contributed by atoms with van der Waals surface area (Å²) in [7, 11) is 0. The van der Waals surface area contributed by atoms with E-state index in [1.54, 1.807) is 12.3 Å². The number of fused-ring (bicyclic) bond motifs is 1. The lowest BCUT2D eigenvalue weighted by Crippen LogP contribution is -2.35. The zero-order valence-corrected chi connectivity index (χ0v) is 15.2. The Balaban J connectivity index is 1.64. The second-order valence-corrected chi connectivity index (χ2v) is 7.35. The zero-order chi connectivity index (χ0) is 19.9. The van der Waals surface area contributed by atoms with Gasteiger partial charge in [0, 0.05) is 18.0 Å². The molecule has 0 saturated carbocycles. The van der Waals surface area contributed by atoms with Crippen molar-refractivity contribution in [2.45, 2.75) is 31.2 Å². The van der Waals surface area contributed by atoms with Gasteiger partial charge in [0.05, 0.1) is 6.42 Å². The molecule has 0 saturated heterocycles. The predicted molar refractivity (Wildman–Crippen MR) is 100 cm³/mol. The van der Waals surface area contributed by atoms with Gasteiger partial charge in [0.15, 0.2) is 0 Å². The van der Waals surface area contributed by atoms with E-state index in [1.165, 1.54) is 29.0 Å². The van der Waals surface area contributed by atoms with Gasteiger partial charge in [0.2, 0.25) is 6.21 Å². The molecule has 0 N–H and O–H groups in total. The zero-order valence-electron chi connectivity index (χ0n) is 15.2. The number of pyridine rings is 1. The lowest BCUT2D eigenvalue weighted by molar-refractivity contribution is -0.414. The second kappa shape index (κ2) is 6.55. The van der Waals surface area contributed by atoms with E-state index in [4.69, 9.17) is 0 Å². The average Bonchev–Trinajstić information content (AvgIpc) is 3.33. The number of carbonyl (C=O) groups is 1. The first-order valence-electron chi connectivity index (χ1n) is 8.93. The van der Waals surface area contributed by atoms with Crippen LogP contribution in [0, 0.1) is 5.82 Å². The predicted octanol–water partition coefficient (Wildman–Crippen LogP) is 4.64. The van der Waals surface area contributed by atoms with E-state index in [0.717, 1.165) is 12.5 Å². The number of nitrogens with zero attached hydrogens (tertiary/aromatic N) is 2. The van der Waals surface area contributed by atoms with Gasteiger partial charge in [-0.05, 0) is 24.6 Å². The van der Waals surface area contributed by atoms with Gasteiger partial charge >= 0.3 is 5.91 Å². The highest BCUT2D eigenvalue weighted by atomic mass is 19.3. The van der Waals surface area contributed by atoms with Crippen LogP contribution in [0.1, 0.15) is 29.3 Å². The van der Waals surface area contributed by atoms with E-state index >= 15 is 0 Å². The van der Waals surface area contributed by atoms with Gasteiger partial charge in [0.1, 0.15) is 16.9 Å². The van der Waals surface area contributed by atoms with Gasteiger partial charge in [-0.25, -0.2) is 18.0 Å². The molecule has 1 amide bonds. The summed E-state index contributed by atoms with van der Waals surface area (Å²) >= 11 is 0. The number of rotatable bonds is 5. The van der Waals surface area contributed by atoms with Crippen LogP contribution in [0.2, 0.25) is 0 Å². The van der Waals surface area contributed by atoms with Crippen LogP contribution in [0.25, 0.3) is 10.9 Å². The van der Waals surface area contributed by atoms with Crippen LogP contribution >= 0.6 is 0 Å². The summed E-state index contributed by atoms with van der Waals surface area (Å²) in [5.41, 5.74) is 0.235. The molecule has 1 aliphatic rings. The van der Waals surface area contributed by atoms with Crippen molar-refractivity contribution in [1.82, 2.24) is 4.98 Å². The van der Waals surface area contributed by atoms with Crippen LogP contribution in [0.15, 0.2) is 60.8 Å². The highest BCUT2D eigenvalue weighted by Crippen LogP contribution is 2.37. The summed E-state index contributed by atoms with van der Waals surface area (Å²) < 4.78 is 42.8. The molecule has 0 aliphatic carbocycles. The number of hydrogen-bond donors (Lipinski definition) is 0. The van der Waals surface area contributed by atoms with Crippen molar-refractivity contribution in [2.24, 2.45) is 0 Å². The van der Waals surface area contributed by atoms with Gasteiger partial charge in [0.25, 0.3) is 11.5 Å². The molecule has 1 atom stereocenters. The molecular formula is C22H18F3N2O+. The number of benzene rings is 2. The van der Waals surface area contributed by atoms with E-state index < -0.39 is 29.6 Å². The Labute approximate surface area is 160 Å². The highest BCUT2D eigenvalue weighted by Gasteiger charge is 2.62. The average molecular weight is 383 g/mol. The maximum absolute atomic E-state index is 13.8. The van der Waals surface area contributed by atoms with E-state index in [0.29, 0.717) is 11.8 Å². The third-order valence-corrected chi connectivity index (χ3v) is 4.88. The van der Waals surface area contributed by atoms with Crippen LogP contribution < -0.4 is 0 Å². The molecule has 0 bridgehead atoms. The highest BCUT2D eigenvalue weighted by molar-refractivity contribution is 5.98. The SMILES string of the molecule is CC(F)(F)C[C@]1(Cc2ccccc2)C=[N+]1C(=O)c1cnc2c(F)cccc2c1. The van der Waals surface area contributed by atoms with Crippen molar-refractivity contribution < 1.29 is 22.5 Å². The standard InChI is InChI=1S/C22H18F3N2O/c1-21(24,25)13-22(11-15-6-3-2-4-7-15)14-27(22)20(28)17-10-16-8-5-9-18(23)19(16)26-12-17/h2-10,12,14H,11,13H2,1H3/q+1/t22-/m1/s1. The summed E-state index contributed by atoms with van der Waals surface area (Å²) in [5, 5.41) is 0.488. The molecule has 0 spiro atoms. The van der Waals surface area contributed by atoms with E-state index in [-0.39, 0.29) is 11.1 Å². The number of halogens is 3. The quantitative estimate of drug-likeness (QED) is 0.602.